The van der Waals surface area contributed by atoms with E-state index in [1.807, 2.05) is 43.3 Å². The van der Waals surface area contributed by atoms with Crippen LogP contribution < -0.4 is 10.6 Å². The van der Waals surface area contributed by atoms with Crippen molar-refractivity contribution in [2.45, 2.75) is 50.4 Å². The van der Waals surface area contributed by atoms with Gasteiger partial charge < -0.3 is 15.8 Å². The van der Waals surface area contributed by atoms with Crippen molar-refractivity contribution in [3.8, 4) is 0 Å². The van der Waals surface area contributed by atoms with Crippen molar-refractivity contribution < 1.29 is 18.0 Å². The summed E-state index contributed by atoms with van der Waals surface area (Å²) >= 11 is 0. The van der Waals surface area contributed by atoms with Crippen LogP contribution in [0, 0.1) is 11.7 Å². The Morgan fingerprint density at radius 3 is 2.45 bits per heavy atom. The first kappa shape index (κ1) is 23.5. The minimum absolute atomic E-state index is 0.0184. The second-order valence-electron chi connectivity index (χ2n) is 8.98. The highest BCUT2D eigenvalue weighted by molar-refractivity contribution is 7.89. The fourth-order valence-corrected chi connectivity index (χ4v) is 7.08. The van der Waals surface area contributed by atoms with E-state index in [-0.39, 0.29) is 24.3 Å². The first-order valence-corrected chi connectivity index (χ1v) is 12.9. The Balaban J connectivity index is 1.49. The number of nitrogens with two attached hydrogens (primary N) is 1. The second-order valence-corrected chi connectivity index (χ2v) is 11.0. The number of halogens is 1. The molecule has 0 unspecified atom stereocenters. The lowest BCUT2D eigenvalue weighted by molar-refractivity contribution is 0.279. The predicted molar refractivity (Wildman–Crippen MR) is 127 cm³/mol. The van der Waals surface area contributed by atoms with Gasteiger partial charge in [-0.25, -0.2) is 12.8 Å². The van der Waals surface area contributed by atoms with Crippen molar-refractivity contribution in [3.63, 3.8) is 0 Å². The van der Waals surface area contributed by atoms with Crippen molar-refractivity contribution in [1.82, 2.24) is 4.31 Å². The molecule has 0 amide bonds. The molecule has 0 aliphatic carbocycles. The maximum atomic E-state index is 15.1. The predicted octanol–water partition coefficient (Wildman–Crippen LogP) is 3.84. The van der Waals surface area contributed by atoms with E-state index in [1.165, 1.54) is 10.4 Å². The molecule has 2 aliphatic rings. The Kier molecular flexibility index (Phi) is 6.90. The van der Waals surface area contributed by atoms with Gasteiger partial charge in [0.1, 0.15) is 16.9 Å². The molecule has 0 saturated carbocycles. The van der Waals surface area contributed by atoms with Gasteiger partial charge in [-0.2, -0.15) is 4.31 Å². The highest BCUT2D eigenvalue weighted by Gasteiger charge is 2.40. The third-order valence-electron chi connectivity index (χ3n) is 6.95. The van der Waals surface area contributed by atoms with Crippen LogP contribution in [0.25, 0.3) is 0 Å². The third kappa shape index (κ3) is 4.84. The van der Waals surface area contributed by atoms with Gasteiger partial charge in [0.25, 0.3) is 0 Å². The molecular formula is C24H31FN4O3S. The summed E-state index contributed by atoms with van der Waals surface area (Å²) in [6.45, 7) is 3.26. The molecule has 33 heavy (non-hydrogen) atoms. The van der Waals surface area contributed by atoms with Crippen LogP contribution in [0.4, 0.5) is 10.1 Å². The topological polar surface area (TPSA) is 99.2 Å². The van der Waals surface area contributed by atoms with Gasteiger partial charge in [0.15, 0.2) is 0 Å². The van der Waals surface area contributed by atoms with Gasteiger partial charge in [0.05, 0.1) is 0 Å². The van der Waals surface area contributed by atoms with Crippen LogP contribution in [-0.2, 0) is 16.6 Å². The zero-order chi connectivity index (χ0) is 23.6. The normalized spacial score (nSPS) is 24.7. The summed E-state index contributed by atoms with van der Waals surface area (Å²) in [7, 11) is -3.62. The molecule has 0 radical (unpaired) electrons. The van der Waals surface area contributed by atoms with Crippen LogP contribution in [0.1, 0.15) is 49.0 Å². The lowest BCUT2D eigenvalue weighted by Gasteiger charge is -2.37. The number of piperidine rings is 1. The first-order chi connectivity index (χ1) is 15.8. The minimum atomic E-state index is -3.62. The lowest BCUT2D eigenvalue weighted by atomic mass is 9.95. The minimum Gasteiger partial charge on any atom is -0.409 e. The average molecular weight is 475 g/mol. The molecule has 4 rings (SSSR count). The molecule has 2 fully saturated rings. The summed E-state index contributed by atoms with van der Waals surface area (Å²) in [5.74, 6) is -0.143. The molecule has 0 aromatic heterocycles. The zero-order valence-electron chi connectivity index (χ0n) is 18.8. The quantitative estimate of drug-likeness (QED) is 0.297. The second kappa shape index (κ2) is 9.69. The van der Waals surface area contributed by atoms with Crippen molar-refractivity contribution in [2.75, 3.05) is 18.0 Å². The number of anilines is 1. The van der Waals surface area contributed by atoms with E-state index in [0.29, 0.717) is 25.1 Å². The van der Waals surface area contributed by atoms with Crippen molar-refractivity contribution in [1.29, 1.82) is 0 Å². The molecule has 178 valence electrons. The summed E-state index contributed by atoms with van der Waals surface area (Å²) in [4.78, 5) is 2.07. The molecule has 2 aromatic rings. The number of rotatable bonds is 5. The highest BCUT2D eigenvalue weighted by Crippen LogP contribution is 2.38. The monoisotopic (exact) mass is 474 g/mol. The number of amidine groups is 1. The largest absolute Gasteiger partial charge is 0.409 e. The number of sulfonamides is 1. The summed E-state index contributed by atoms with van der Waals surface area (Å²) in [5, 5.41) is 11.4. The van der Waals surface area contributed by atoms with Crippen LogP contribution in [0.5, 0.6) is 0 Å². The molecule has 2 aliphatic heterocycles. The average Bonchev–Trinajstić information content (AvgIpc) is 2.82. The van der Waals surface area contributed by atoms with Crippen LogP contribution in [-0.4, -0.2) is 42.9 Å². The summed E-state index contributed by atoms with van der Waals surface area (Å²) in [5.41, 5.74) is 7.62. The molecule has 7 nitrogen and oxygen atoms in total. The van der Waals surface area contributed by atoms with E-state index in [1.54, 1.807) is 6.07 Å². The molecule has 2 heterocycles. The molecule has 2 aromatic carbocycles. The number of hydrogen-bond acceptors (Lipinski definition) is 5. The number of nitrogens with zero attached hydrogens (tertiary/aromatic N) is 3. The smallest absolute Gasteiger partial charge is 0.221 e. The molecule has 9 heteroatoms. The van der Waals surface area contributed by atoms with Gasteiger partial charge in [-0.15, -0.1) is 0 Å². The van der Waals surface area contributed by atoms with E-state index in [2.05, 4.69) is 10.1 Å². The molecule has 2 atom stereocenters. The molecule has 0 bridgehead atoms. The number of hydrogen-bond donors (Lipinski definition) is 2. The Morgan fingerprint density at radius 1 is 1.12 bits per heavy atom. The Bertz CT molecular complexity index is 1100. The number of benzene rings is 2. The fourth-order valence-electron chi connectivity index (χ4n) is 4.90. The Hall–Kier alpha value is -2.65. The van der Waals surface area contributed by atoms with Crippen molar-refractivity contribution in [3.05, 3.63) is 65.5 Å². The molecule has 3 N–H and O–H groups in total. The van der Waals surface area contributed by atoms with E-state index >= 15 is 4.39 Å². The van der Waals surface area contributed by atoms with E-state index in [0.717, 1.165) is 30.5 Å². The summed E-state index contributed by atoms with van der Waals surface area (Å²) < 4.78 is 43.4. The molecule has 0 spiro atoms. The lowest BCUT2D eigenvalue weighted by Crippen LogP contribution is -2.44. The maximum Gasteiger partial charge on any atom is 0.221 e. The van der Waals surface area contributed by atoms with Crippen molar-refractivity contribution >= 4 is 21.5 Å². The van der Waals surface area contributed by atoms with E-state index < -0.39 is 21.1 Å². The van der Waals surface area contributed by atoms with Gasteiger partial charge in [0, 0.05) is 42.8 Å². The summed E-state index contributed by atoms with van der Waals surface area (Å²) in [6.07, 6.45) is 2.74. The standard InChI is InChI=1S/C24H31FN4O3S/c1-17-7-10-23(18-5-3-2-4-6-18)33(31,32)29(17)16-20-8-9-21(15-22(20)25)28-13-11-19(12-14-28)24(26)27-30/h2-6,8-9,15,17,19,23,30H,7,10-14,16H2,1H3,(H2,26,27)/t17-,23+/m0/s1. The van der Waals surface area contributed by atoms with Crippen LogP contribution in [0.2, 0.25) is 0 Å². The Morgan fingerprint density at radius 2 is 1.82 bits per heavy atom. The summed E-state index contributed by atoms with van der Waals surface area (Å²) in [6, 6.07) is 14.1. The molecule has 2 saturated heterocycles. The fraction of sp³-hybridized carbons (Fsp3) is 0.458. The Labute approximate surface area is 194 Å². The van der Waals surface area contributed by atoms with E-state index in [9.17, 15) is 8.42 Å². The SMILES string of the molecule is C[C@H]1CC[C@H](c2ccccc2)S(=O)(=O)N1Cc1ccc(N2CCC(/C(N)=N/O)CC2)cc1F. The van der Waals surface area contributed by atoms with Crippen LogP contribution in [0.15, 0.2) is 53.7 Å². The van der Waals surface area contributed by atoms with Gasteiger partial charge in [0.2, 0.25) is 10.0 Å². The van der Waals surface area contributed by atoms with Crippen LogP contribution >= 0.6 is 0 Å². The molecular weight excluding hydrogens is 443 g/mol. The van der Waals surface area contributed by atoms with E-state index in [4.69, 9.17) is 10.9 Å². The van der Waals surface area contributed by atoms with Gasteiger partial charge in [-0.05, 0) is 50.3 Å². The van der Waals surface area contributed by atoms with Crippen LogP contribution in [0.3, 0.4) is 0 Å². The van der Waals surface area contributed by atoms with Gasteiger partial charge >= 0.3 is 0 Å². The number of oxime groups is 1. The third-order valence-corrected chi connectivity index (χ3v) is 9.32. The maximum absolute atomic E-state index is 15.1. The van der Waals surface area contributed by atoms with Gasteiger partial charge in [-0.3, -0.25) is 0 Å². The zero-order valence-corrected chi connectivity index (χ0v) is 19.6. The van der Waals surface area contributed by atoms with Crippen molar-refractivity contribution in [2.24, 2.45) is 16.8 Å². The highest BCUT2D eigenvalue weighted by atomic mass is 32.2. The first-order valence-electron chi connectivity index (χ1n) is 11.4. The van der Waals surface area contributed by atoms with Gasteiger partial charge in [-0.1, -0.05) is 41.6 Å².